The summed E-state index contributed by atoms with van der Waals surface area (Å²) in [6, 6.07) is 5.23. The molecular formula is C9H9ClFN3. The van der Waals surface area contributed by atoms with E-state index in [0.717, 1.165) is 11.0 Å². The van der Waals surface area contributed by atoms with Crippen LogP contribution in [0.25, 0.3) is 11.0 Å². The Morgan fingerprint density at radius 2 is 2.29 bits per heavy atom. The second kappa shape index (κ2) is 3.46. The van der Waals surface area contributed by atoms with Gasteiger partial charge in [0, 0.05) is 5.02 Å². The van der Waals surface area contributed by atoms with E-state index in [-0.39, 0.29) is 6.54 Å². The number of hydrogen-bond acceptors (Lipinski definition) is 2. The smallest absolute Gasteiger partial charge is 0.201 e. The Labute approximate surface area is 85.3 Å². The Kier molecular flexibility index (Phi) is 2.29. The van der Waals surface area contributed by atoms with E-state index in [1.165, 1.54) is 0 Å². The van der Waals surface area contributed by atoms with Crippen LogP contribution in [0.15, 0.2) is 18.2 Å². The predicted molar refractivity (Wildman–Crippen MR) is 55.1 cm³/mol. The fourth-order valence-electron chi connectivity index (χ4n) is 1.43. The maximum atomic E-state index is 12.2. The van der Waals surface area contributed by atoms with Crippen molar-refractivity contribution < 1.29 is 4.39 Å². The average molecular weight is 214 g/mol. The van der Waals surface area contributed by atoms with Crippen molar-refractivity contribution in [2.24, 2.45) is 0 Å². The fourth-order valence-corrected chi connectivity index (χ4v) is 1.60. The Morgan fingerprint density at radius 1 is 1.50 bits per heavy atom. The lowest BCUT2D eigenvalue weighted by Crippen LogP contribution is -2.04. The number of rotatable bonds is 2. The van der Waals surface area contributed by atoms with Crippen molar-refractivity contribution in [3.8, 4) is 0 Å². The van der Waals surface area contributed by atoms with Gasteiger partial charge < -0.3 is 10.3 Å². The maximum Gasteiger partial charge on any atom is 0.201 e. The van der Waals surface area contributed by atoms with Gasteiger partial charge in [-0.25, -0.2) is 9.37 Å². The molecule has 0 aliphatic rings. The van der Waals surface area contributed by atoms with Crippen molar-refractivity contribution in [3.05, 3.63) is 23.2 Å². The number of nitrogen functional groups attached to an aromatic ring is 1. The molecule has 0 radical (unpaired) electrons. The molecule has 0 saturated heterocycles. The van der Waals surface area contributed by atoms with Gasteiger partial charge in [-0.1, -0.05) is 11.6 Å². The summed E-state index contributed by atoms with van der Waals surface area (Å²) in [6.07, 6.45) is 0. The van der Waals surface area contributed by atoms with Crippen LogP contribution in [0.2, 0.25) is 5.02 Å². The van der Waals surface area contributed by atoms with E-state index >= 15 is 0 Å². The Balaban J connectivity index is 2.66. The van der Waals surface area contributed by atoms with Crippen molar-refractivity contribution in [1.29, 1.82) is 0 Å². The number of fused-ring (bicyclic) bond motifs is 1. The van der Waals surface area contributed by atoms with Crippen molar-refractivity contribution in [2.75, 3.05) is 12.4 Å². The van der Waals surface area contributed by atoms with Gasteiger partial charge in [0.25, 0.3) is 0 Å². The van der Waals surface area contributed by atoms with Crippen LogP contribution in [-0.2, 0) is 6.54 Å². The first-order chi connectivity index (χ1) is 6.72. The molecule has 0 aliphatic carbocycles. The monoisotopic (exact) mass is 213 g/mol. The van der Waals surface area contributed by atoms with Crippen molar-refractivity contribution in [2.45, 2.75) is 6.54 Å². The SMILES string of the molecule is Nc1nc2ccc(Cl)cc2n1CCF. The molecule has 0 spiro atoms. The molecule has 0 saturated carbocycles. The maximum absolute atomic E-state index is 12.2. The molecule has 1 heterocycles. The molecule has 3 nitrogen and oxygen atoms in total. The molecule has 0 amide bonds. The highest BCUT2D eigenvalue weighted by Gasteiger charge is 2.07. The molecule has 2 rings (SSSR count). The quantitative estimate of drug-likeness (QED) is 0.832. The standard InChI is InChI=1S/C9H9ClFN3/c10-6-1-2-7-8(5-6)14(4-3-11)9(12)13-7/h1-2,5H,3-4H2,(H2,12,13). The molecule has 5 heteroatoms. The summed E-state index contributed by atoms with van der Waals surface area (Å²) in [5.41, 5.74) is 7.14. The third-order valence-corrected chi connectivity index (χ3v) is 2.28. The Hall–Kier alpha value is -1.29. The molecule has 1 aromatic heterocycles. The van der Waals surface area contributed by atoms with Crippen LogP contribution in [0, 0.1) is 0 Å². The zero-order valence-corrected chi connectivity index (χ0v) is 8.13. The summed E-state index contributed by atoms with van der Waals surface area (Å²) >= 11 is 5.82. The minimum absolute atomic E-state index is 0.211. The lowest BCUT2D eigenvalue weighted by atomic mass is 10.3. The summed E-state index contributed by atoms with van der Waals surface area (Å²) in [6.45, 7) is -0.259. The number of nitrogens with two attached hydrogens (primary N) is 1. The first-order valence-corrected chi connectivity index (χ1v) is 4.57. The van der Waals surface area contributed by atoms with E-state index in [4.69, 9.17) is 17.3 Å². The molecule has 0 fully saturated rings. The summed E-state index contributed by atoms with van der Waals surface area (Å²) in [5.74, 6) is 0.319. The predicted octanol–water partition coefficient (Wildman–Crippen LogP) is 2.24. The lowest BCUT2D eigenvalue weighted by Gasteiger charge is -2.02. The second-order valence-corrected chi connectivity index (χ2v) is 3.38. The molecule has 0 atom stereocenters. The van der Waals surface area contributed by atoms with E-state index < -0.39 is 6.67 Å². The molecule has 0 bridgehead atoms. The number of aromatic nitrogens is 2. The number of aryl methyl sites for hydroxylation is 1. The van der Waals surface area contributed by atoms with E-state index in [2.05, 4.69) is 4.98 Å². The van der Waals surface area contributed by atoms with Crippen LogP contribution in [0.4, 0.5) is 10.3 Å². The minimum Gasteiger partial charge on any atom is -0.369 e. The third-order valence-electron chi connectivity index (χ3n) is 2.05. The zero-order valence-electron chi connectivity index (χ0n) is 7.37. The van der Waals surface area contributed by atoms with Gasteiger partial charge in [-0.2, -0.15) is 0 Å². The number of nitrogens with zero attached hydrogens (tertiary/aromatic N) is 2. The third kappa shape index (κ3) is 1.42. The van der Waals surface area contributed by atoms with Crippen LogP contribution in [0.5, 0.6) is 0 Å². The molecule has 74 valence electrons. The molecule has 1 aromatic carbocycles. The molecule has 2 N–H and O–H groups in total. The molecule has 14 heavy (non-hydrogen) atoms. The van der Waals surface area contributed by atoms with Crippen molar-refractivity contribution in [3.63, 3.8) is 0 Å². The minimum atomic E-state index is -0.470. The molecule has 0 unspecified atom stereocenters. The van der Waals surface area contributed by atoms with Crippen LogP contribution in [0.3, 0.4) is 0 Å². The van der Waals surface area contributed by atoms with Gasteiger partial charge in [-0.3, -0.25) is 0 Å². The van der Waals surface area contributed by atoms with Crippen LogP contribution >= 0.6 is 11.6 Å². The van der Waals surface area contributed by atoms with Gasteiger partial charge in [-0.05, 0) is 18.2 Å². The summed E-state index contributed by atoms with van der Waals surface area (Å²) in [5, 5.41) is 0.595. The summed E-state index contributed by atoms with van der Waals surface area (Å²) < 4.78 is 13.8. The number of anilines is 1. The van der Waals surface area contributed by atoms with Gasteiger partial charge in [0.05, 0.1) is 17.6 Å². The summed E-state index contributed by atoms with van der Waals surface area (Å²) in [7, 11) is 0. The van der Waals surface area contributed by atoms with Crippen LogP contribution in [-0.4, -0.2) is 16.2 Å². The summed E-state index contributed by atoms with van der Waals surface area (Å²) in [4.78, 5) is 4.09. The Morgan fingerprint density at radius 3 is 3.00 bits per heavy atom. The molecular weight excluding hydrogens is 205 g/mol. The van der Waals surface area contributed by atoms with E-state index in [1.54, 1.807) is 22.8 Å². The second-order valence-electron chi connectivity index (χ2n) is 2.94. The molecule has 0 aliphatic heterocycles. The van der Waals surface area contributed by atoms with Gasteiger partial charge >= 0.3 is 0 Å². The topological polar surface area (TPSA) is 43.8 Å². The van der Waals surface area contributed by atoms with Crippen LogP contribution in [0.1, 0.15) is 0 Å². The zero-order chi connectivity index (χ0) is 10.1. The van der Waals surface area contributed by atoms with Gasteiger partial charge in [0.1, 0.15) is 6.67 Å². The normalized spacial score (nSPS) is 11.0. The van der Waals surface area contributed by atoms with Gasteiger partial charge in [0.2, 0.25) is 5.95 Å². The van der Waals surface area contributed by atoms with Gasteiger partial charge in [-0.15, -0.1) is 0 Å². The van der Waals surface area contributed by atoms with Crippen LogP contribution < -0.4 is 5.73 Å². The number of alkyl halides is 1. The number of hydrogen-bond donors (Lipinski definition) is 1. The first-order valence-electron chi connectivity index (χ1n) is 4.19. The Bertz CT molecular complexity index is 466. The van der Waals surface area contributed by atoms with Gasteiger partial charge in [0.15, 0.2) is 0 Å². The highest BCUT2D eigenvalue weighted by Crippen LogP contribution is 2.21. The molecule has 2 aromatic rings. The highest BCUT2D eigenvalue weighted by molar-refractivity contribution is 6.31. The number of halogens is 2. The number of imidazole rings is 1. The van der Waals surface area contributed by atoms with E-state index in [0.29, 0.717) is 11.0 Å². The largest absolute Gasteiger partial charge is 0.369 e. The van der Waals surface area contributed by atoms with E-state index in [9.17, 15) is 4.39 Å². The van der Waals surface area contributed by atoms with Crippen molar-refractivity contribution in [1.82, 2.24) is 9.55 Å². The van der Waals surface area contributed by atoms with Crippen molar-refractivity contribution >= 4 is 28.6 Å². The highest BCUT2D eigenvalue weighted by atomic mass is 35.5. The first kappa shape index (κ1) is 9.27. The average Bonchev–Trinajstić information content (AvgIpc) is 2.45. The van der Waals surface area contributed by atoms with E-state index in [1.807, 2.05) is 0 Å². The lowest BCUT2D eigenvalue weighted by molar-refractivity contribution is 0.452. The fraction of sp³-hybridized carbons (Fsp3) is 0.222. The number of benzene rings is 1.